The number of aryl methyl sites for hydroxylation is 2. The van der Waals surface area contributed by atoms with Crippen LogP contribution in [-0.4, -0.2) is 39.7 Å². The lowest BCUT2D eigenvalue weighted by molar-refractivity contribution is 0.0473. The summed E-state index contributed by atoms with van der Waals surface area (Å²) in [6, 6.07) is 5.02. The van der Waals surface area contributed by atoms with E-state index in [0.29, 0.717) is 22.8 Å². The lowest BCUT2D eigenvalue weighted by Gasteiger charge is -2.15. The van der Waals surface area contributed by atoms with Crippen LogP contribution in [0.15, 0.2) is 18.2 Å². The number of rotatable bonds is 7. The molecule has 2 rings (SSSR count). The molecule has 0 bridgehead atoms. The van der Waals surface area contributed by atoms with Crippen LogP contribution in [0.3, 0.4) is 0 Å². The van der Waals surface area contributed by atoms with Gasteiger partial charge in [-0.1, -0.05) is 6.07 Å². The normalized spacial score (nSPS) is 10.4. The first-order valence-corrected chi connectivity index (χ1v) is 8.82. The van der Waals surface area contributed by atoms with Crippen molar-refractivity contribution in [2.75, 3.05) is 27.9 Å². The molecule has 0 atom stereocenters. The van der Waals surface area contributed by atoms with Crippen molar-refractivity contribution in [1.82, 2.24) is 0 Å². The predicted octanol–water partition coefficient (Wildman–Crippen LogP) is 3.99. The molecule has 2 aromatic rings. The molecular weight excluding hydrogens is 360 g/mol. The molecule has 0 radical (unpaired) electrons. The highest BCUT2D eigenvalue weighted by Gasteiger charge is 2.21. The Hall–Kier alpha value is -3.02. The van der Waals surface area contributed by atoms with E-state index >= 15 is 0 Å². The number of ether oxygens (including phenoxy) is 4. The maximum Gasteiger partial charge on any atom is 0.338 e. The number of hydrogen-bond acceptors (Lipinski definition) is 6. The minimum atomic E-state index is -0.646. The number of Topliss-reactive ketones (excluding diaryl/α,β-unsaturated/α-hetero) is 1. The fraction of sp³-hybridized carbons (Fsp3) is 0.364. The van der Waals surface area contributed by atoms with Gasteiger partial charge in [0, 0.05) is 5.56 Å². The second kappa shape index (κ2) is 8.78. The Morgan fingerprint density at radius 2 is 1.29 bits per heavy atom. The fourth-order valence-corrected chi connectivity index (χ4v) is 3.12. The summed E-state index contributed by atoms with van der Waals surface area (Å²) in [6.45, 7) is 7.37. The minimum Gasteiger partial charge on any atom is -0.493 e. The molecule has 0 heterocycles. The van der Waals surface area contributed by atoms with Gasteiger partial charge in [0.25, 0.3) is 0 Å². The summed E-state index contributed by atoms with van der Waals surface area (Å²) in [5, 5.41) is 0. The monoisotopic (exact) mass is 386 g/mol. The van der Waals surface area contributed by atoms with Crippen molar-refractivity contribution < 1.29 is 28.5 Å². The van der Waals surface area contributed by atoms with Gasteiger partial charge in [0.15, 0.2) is 18.1 Å². The number of carbonyl (C=O) groups excluding carboxylic acids is 2. The van der Waals surface area contributed by atoms with Crippen molar-refractivity contribution in [3.05, 3.63) is 51.6 Å². The molecule has 2 aromatic carbocycles. The third-order valence-electron chi connectivity index (χ3n) is 4.88. The molecule has 0 saturated heterocycles. The van der Waals surface area contributed by atoms with Gasteiger partial charge in [0.05, 0.1) is 26.9 Å². The average molecular weight is 386 g/mol. The first-order valence-electron chi connectivity index (χ1n) is 8.82. The molecule has 0 saturated carbocycles. The van der Waals surface area contributed by atoms with Gasteiger partial charge in [-0.25, -0.2) is 4.79 Å². The number of esters is 1. The zero-order valence-corrected chi connectivity index (χ0v) is 17.4. The average Bonchev–Trinajstić information content (AvgIpc) is 2.69. The fourth-order valence-electron chi connectivity index (χ4n) is 3.12. The van der Waals surface area contributed by atoms with E-state index in [-0.39, 0.29) is 18.0 Å². The van der Waals surface area contributed by atoms with E-state index in [0.717, 1.165) is 22.3 Å². The van der Waals surface area contributed by atoms with Crippen molar-refractivity contribution >= 4 is 11.8 Å². The Kier molecular flexibility index (Phi) is 6.67. The van der Waals surface area contributed by atoms with Crippen LogP contribution >= 0.6 is 0 Å². The van der Waals surface area contributed by atoms with Gasteiger partial charge in [-0.15, -0.1) is 0 Å². The molecule has 0 aliphatic heterocycles. The summed E-state index contributed by atoms with van der Waals surface area (Å²) in [6.07, 6.45) is 0. The predicted molar refractivity (Wildman–Crippen MR) is 106 cm³/mol. The van der Waals surface area contributed by atoms with Crippen LogP contribution in [0.2, 0.25) is 0 Å². The van der Waals surface area contributed by atoms with Crippen LogP contribution in [0.25, 0.3) is 0 Å². The molecule has 0 amide bonds. The zero-order chi connectivity index (χ0) is 21.0. The summed E-state index contributed by atoms with van der Waals surface area (Å²) in [7, 11) is 4.40. The molecule has 6 nitrogen and oxygen atoms in total. The summed E-state index contributed by atoms with van der Waals surface area (Å²) in [5.74, 6) is 0.163. The van der Waals surface area contributed by atoms with Crippen molar-refractivity contribution in [2.45, 2.75) is 27.7 Å². The van der Waals surface area contributed by atoms with E-state index < -0.39 is 5.97 Å². The number of methoxy groups -OCH3 is 3. The molecule has 0 aromatic heterocycles. The standard InChI is InChI=1S/C22H26O6/c1-12-8-13(2)15(4)20(14(12)3)17(23)11-28-22(24)16-9-18(25-5)21(27-7)19(10-16)26-6/h8-10H,11H2,1-7H3. The Morgan fingerprint density at radius 1 is 0.786 bits per heavy atom. The highest BCUT2D eigenvalue weighted by molar-refractivity contribution is 6.02. The van der Waals surface area contributed by atoms with Crippen molar-refractivity contribution in [3.63, 3.8) is 0 Å². The highest BCUT2D eigenvalue weighted by atomic mass is 16.5. The summed E-state index contributed by atoms with van der Waals surface area (Å²) >= 11 is 0. The van der Waals surface area contributed by atoms with Crippen molar-refractivity contribution in [1.29, 1.82) is 0 Å². The van der Waals surface area contributed by atoms with E-state index in [4.69, 9.17) is 18.9 Å². The summed E-state index contributed by atoms with van der Waals surface area (Å²) < 4.78 is 21.0. The van der Waals surface area contributed by atoms with E-state index in [1.54, 1.807) is 0 Å². The quantitative estimate of drug-likeness (QED) is 0.529. The molecule has 150 valence electrons. The number of hydrogen-bond donors (Lipinski definition) is 0. The van der Waals surface area contributed by atoms with Gasteiger partial charge >= 0.3 is 5.97 Å². The van der Waals surface area contributed by atoms with Gasteiger partial charge < -0.3 is 18.9 Å². The van der Waals surface area contributed by atoms with E-state index in [1.807, 2.05) is 33.8 Å². The Balaban J connectivity index is 2.25. The van der Waals surface area contributed by atoms with Crippen LogP contribution in [0.1, 0.15) is 43.0 Å². The van der Waals surface area contributed by atoms with Crippen LogP contribution in [0.5, 0.6) is 17.2 Å². The van der Waals surface area contributed by atoms with Crippen molar-refractivity contribution in [3.8, 4) is 17.2 Å². The molecule has 0 N–H and O–H groups in total. The third-order valence-corrected chi connectivity index (χ3v) is 4.88. The van der Waals surface area contributed by atoms with Crippen molar-refractivity contribution in [2.24, 2.45) is 0 Å². The Bertz CT molecular complexity index is 862. The summed E-state index contributed by atoms with van der Waals surface area (Å²) in [4.78, 5) is 25.2. The molecule has 0 aliphatic rings. The Morgan fingerprint density at radius 3 is 1.71 bits per heavy atom. The molecule has 0 fully saturated rings. The van der Waals surface area contributed by atoms with E-state index in [9.17, 15) is 9.59 Å². The highest BCUT2D eigenvalue weighted by Crippen LogP contribution is 2.38. The van der Waals surface area contributed by atoms with Crippen LogP contribution in [0.4, 0.5) is 0 Å². The van der Waals surface area contributed by atoms with E-state index in [1.165, 1.54) is 33.5 Å². The maximum atomic E-state index is 12.7. The first-order chi connectivity index (χ1) is 13.2. The third kappa shape index (κ3) is 4.11. The first kappa shape index (κ1) is 21.3. The molecule has 28 heavy (non-hydrogen) atoms. The lowest BCUT2D eigenvalue weighted by atomic mass is 9.92. The summed E-state index contributed by atoms with van der Waals surface area (Å²) in [5.41, 5.74) is 4.67. The van der Waals surface area contributed by atoms with E-state index in [2.05, 4.69) is 0 Å². The van der Waals surface area contributed by atoms with Gasteiger partial charge in [-0.3, -0.25) is 4.79 Å². The second-order valence-electron chi connectivity index (χ2n) is 6.55. The largest absolute Gasteiger partial charge is 0.493 e. The van der Waals surface area contributed by atoms with Gasteiger partial charge in [0.2, 0.25) is 11.5 Å². The zero-order valence-electron chi connectivity index (χ0n) is 17.4. The molecule has 6 heteroatoms. The number of benzene rings is 2. The van der Waals surface area contributed by atoms with Gasteiger partial charge in [0.1, 0.15) is 0 Å². The van der Waals surface area contributed by atoms with Gasteiger partial charge in [-0.05, 0) is 62.1 Å². The molecular formula is C22H26O6. The second-order valence-corrected chi connectivity index (χ2v) is 6.55. The van der Waals surface area contributed by atoms with Crippen LogP contribution < -0.4 is 14.2 Å². The lowest BCUT2D eigenvalue weighted by Crippen LogP contribution is -2.17. The number of carbonyl (C=O) groups is 2. The van der Waals surface area contributed by atoms with Crippen LogP contribution in [0, 0.1) is 27.7 Å². The SMILES string of the molecule is COc1cc(C(=O)OCC(=O)c2c(C)c(C)cc(C)c2C)cc(OC)c1OC. The maximum absolute atomic E-state index is 12.7. The van der Waals surface area contributed by atoms with Crippen LogP contribution in [-0.2, 0) is 4.74 Å². The Labute approximate surface area is 165 Å². The van der Waals surface area contributed by atoms with Gasteiger partial charge in [-0.2, -0.15) is 0 Å². The molecule has 0 spiro atoms. The topological polar surface area (TPSA) is 71.1 Å². The molecule has 0 unspecified atom stereocenters. The molecule has 0 aliphatic carbocycles. The smallest absolute Gasteiger partial charge is 0.338 e. The number of ketones is 1. The minimum absolute atomic E-state index is 0.205.